The molecule has 0 bridgehead atoms. The van der Waals surface area contributed by atoms with Crippen LogP contribution in [0, 0.1) is 0 Å². The van der Waals surface area contributed by atoms with Gasteiger partial charge in [-0.3, -0.25) is 9.36 Å². The predicted octanol–water partition coefficient (Wildman–Crippen LogP) is 4.06. The zero-order valence-corrected chi connectivity index (χ0v) is 21.0. The summed E-state index contributed by atoms with van der Waals surface area (Å²) >= 11 is 7.34. The highest BCUT2D eigenvalue weighted by atomic mass is 35.5. The number of thiazole rings is 1. The Bertz CT molecular complexity index is 1530. The number of hydrogen-bond donors (Lipinski definition) is 0. The lowest BCUT2D eigenvalue weighted by Gasteiger charge is -2.26. The number of para-hydroxylation sites is 1. The number of aromatic nitrogens is 1. The highest BCUT2D eigenvalue weighted by molar-refractivity contribution is 7.07. The van der Waals surface area contributed by atoms with Crippen molar-refractivity contribution in [2.45, 2.75) is 26.5 Å². The summed E-state index contributed by atoms with van der Waals surface area (Å²) in [6.07, 6.45) is 1.46. The number of halogens is 3. The molecule has 1 atom stereocenters. The third-order valence-corrected chi connectivity index (χ3v) is 6.64. The van der Waals surface area contributed by atoms with Crippen LogP contribution in [0.25, 0.3) is 6.08 Å². The molecule has 1 aliphatic heterocycles. The number of alkyl halides is 2. The molecule has 1 aromatic heterocycles. The number of benzene rings is 2. The lowest BCUT2D eigenvalue weighted by Crippen LogP contribution is -2.40. The second-order valence-corrected chi connectivity index (χ2v) is 9.05. The van der Waals surface area contributed by atoms with Gasteiger partial charge in [-0.25, -0.2) is 9.79 Å². The lowest BCUT2D eigenvalue weighted by atomic mass is 9.95. The van der Waals surface area contributed by atoms with Crippen LogP contribution >= 0.6 is 22.9 Å². The quantitative estimate of drug-likeness (QED) is 0.427. The minimum atomic E-state index is -3.02. The van der Waals surface area contributed by atoms with E-state index in [1.165, 1.54) is 23.8 Å². The molecular formula is C25H21ClF2N2O5S. The van der Waals surface area contributed by atoms with Crippen LogP contribution in [-0.4, -0.2) is 30.9 Å². The standard InChI is InChI=1S/C25H21ClF2N2O5S/c1-4-34-23(32)20-13(2)29-25-30(21(20)16-12-15(26)9-10-18(16)33-3)22(31)19(36-25)11-14-7-5-6-8-17(14)35-24(27)28/h5-12,21,24H,4H2,1-3H3/b19-11-/t21-/m1/s1. The average Bonchev–Trinajstić information content (AvgIpc) is 3.13. The van der Waals surface area contributed by atoms with Crippen LogP contribution in [0.3, 0.4) is 0 Å². The Morgan fingerprint density at radius 1 is 1.25 bits per heavy atom. The predicted molar refractivity (Wildman–Crippen MR) is 131 cm³/mol. The summed E-state index contributed by atoms with van der Waals surface area (Å²) in [6, 6.07) is 10.1. The highest BCUT2D eigenvalue weighted by Crippen LogP contribution is 2.37. The number of methoxy groups -OCH3 is 1. The van der Waals surface area contributed by atoms with Gasteiger partial charge < -0.3 is 14.2 Å². The largest absolute Gasteiger partial charge is 0.496 e. The molecule has 0 saturated carbocycles. The van der Waals surface area contributed by atoms with Gasteiger partial charge in [0.25, 0.3) is 5.56 Å². The summed E-state index contributed by atoms with van der Waals surface area (Å²) in [7, 11) is 1.47. The van der Waals surface area contributed by atoms with Crippen molar-refractivity contribution in [2.75, 3.05) is 13.7 Å². The van der Waals surface area contributed by atoms with Crippen molar-refractivity contribution in [2.24, 2.45) is 4.99 Å². The number of nitrogens with zero attached hydrogens (tertiary/aromatic N) is 2. The first-order chi connectivity index (χ1) is 17.2. The molecule has 2 heterocycles. The Labute approximate surface area is 213 Å². The molecule has 0 saturated heterocycles. The molecule has 1 aliphatic rings. The number of ether oxygens (including phenoxy) is 3. The Morgan fingerprint density at radius 3 is 2.69 bits per heavy atom. The Balaban J connectivity index is 1.99. The maximum atomic E-state index is 13.7. The second-order valence-electron chi connectivity index (χ2n) is 7.60. The van der Waals surface area contributed by atoms with E-state index in [-0.39, 0.29) is 22.5 Å². The number of carbonyl (C=O) groups is 1. The van der Waals surface area contributed by atoms with Crippen LogP contribution < -0.4 is 24.4 Å². The Morgan fingerprint density at radius 2 is 2.00 bits per heavy atom. The Kier molecular flexibility index (Phi) is 7.56. The molecule has 4 rings (SSSR count). The van der Waals surface area contributed by atoms with Crippen LogP contribution in [0.2, 0.25) is 5.02 Å². The molecule has 0 fully saturated rings. The van der Waals surface area contributed by atoms with Crippen LogP contribution in [0.4, 0.5) is 8.78 Å². The number of rotatable bonds is 7. The van der Waals surface area contributed by atoms with Gasteiger partial charge in [-0.05, 0) is 44.2 Å². The summed E-state index contributed by atoms with van der Waals surface area (Å²) in [4.78, 5) is 31.5. The van der Waals surface area contributed by atoms with E-state index >= 15 is 0 Å². The second kappa shape index (κ2) is 10.6. The molecule has 0 N–H and O–H groups in total. The average molecular weight is 535 g/mol. The molecule has 0 radical (unpaired) electrons. The fourth-order valence-corrected chi connectivity index (χ4v) is 5.17. The third kappa shape index (κ3) is 4.91. The molecule has 36 heavy (non-hydrogen) atoms. The van der Waals surface area contributed by atoms with Crippen LogP contribution in [-0.2, 0) is 9.53 Å². The summed E-state index contributed by atoms with van der Waals surface area (Å²) in [6.45, 7) is 0.432. The topological polar surface area (TPSA) is 79.1 Å². The molecule has 3 aromatic rings. The van der Waals surface area contributed by atoms with Gasteiger partial charge in [-0.15, -0.1) is 0 Å². The number of esters is 1. The van der Waals surface area contributed by atoms with E-state index in [1.807, 2.05) is 0 Å². The van der Waals surface area contributed by atoms with E-state index in [0.29, 0.717) is 32.4 Å². The number of fused-ring (bicyclic) bond motifs is 1. The van der Waals surface area contributed by atoms with Crippen molar-refractivity contribution < 1.29 is 27.8 Å². The zero-order chi connectivity index (χ0) is 26.0. The van der Waals surface area contributed by atoms with Crippen LogP contribution in [0.15, 0.2) is 63.5 Å². The number of carbonyl (C=O) groups excluding carboxylic acids is 1. The lowest BCUT2D eigenvalue weighted by molar-refractivity contribution is -0.139. The molecular weight excluding hydrogens is 514 g/mol. The number of allylic oxidation sites excluding steroid dienone is 1. The van der Waals surface area contributed by atoms with Gasteiger partial charge in [-0.1, -0.05) is 41.1 Å². The fraction of sp³-hybridized carbons (Fsp3) is 0.240. The number of hydrogen-bond acceptors (Lipinski definition) is 7. The minimum Gasteiger partial charge on any atom is -0.496 e. The van der Waals surface area contributed by atoms with Crippen molar-refractivity contribution in [1.29, 1.82) is 0 Å². The smallest absolute Gasteiger partial charge is 0.387 e. The minimum absolute atomic E-state index is 0.0743. The summed E-state index contributed by atoms with van der Waals surface area (Å²) < 4.78 is 42.7. The van der Waals surface area contributed by atoms with Gasteiger partial charge in [0.05, 0.1) is 29.5 Å². The fourth-order valence-electron chi connectivity index (χ4n) is 3.95. The molecule has 0 aliphatic carbocycles. The van der Waals surface area contributed by atoms with Gasteiger partial charge in [-0.2, -0.15) is 8.78 Å². The van der Waals surface area contributed by atoms with Crippen molar-refractivity contribution in [3.8, 4) is 11.5 Å². The first-order valence-electron chi connectivity index (χ1n) is 10.8. The third-order valence-electron chi connectivity index (χ3n) is 5.43. The summed E-state index contributed by atoms with van der Waals surface area (Å²) in [5.74, 6) is -0.295. The molecule has 7 nitrogen and oxygen atoms in total. The van der Waals surface area contributed by atoms with Crippen molar-refractivity contribution in [3.05, 3.63) is 89.6 Å². The highest BCUT2D eigenvalue weighted by Gasteiger charge is 2.35. The molecule has 2 aromatic carbocycles. The maximum Gasteiger partial charge on any atom is 0.387 e. The Hall–Kier alpha value is -3.50. The van der Waals surface area contributed by atoms with Crippen molar-refractivity contribution >= 4 is 35.0 Å². The van der Waals surface area contributed by atoms with Crippen LogP contribution in [0.1, 0.15) is 31.0 Å². The van der Waals surface area contributed by atoms with E-state index in [1.54, 1.807) is 50.2 Å². The first-order valence-corrected chi connectivity index (χ1v) is 12.0. The normalized spacial score (nSPS) is 15.5. The summed E-state index contributed by atoms with van der Waals surface area (Å²) in [5.41, 5.74) is 0.817. The molecule has 0 amide bonds. The van der Waals surface area contributed by atoms with E-state index in [2.05, 4.69) is 9.73 Å². The molecule has 0 spiro atoms. The first kappa shape index (κ1) is 25.6. The van der Waals surface area contributed by atoms with Gasteiger partial charge in [0.2, 0.25) is 0 Å². The van der Waals surface area contributed by atoms with Gasteiger partial charge in [0, 0.05) is 16.1 Å². The monoisotopic (exact) mass is 534 g/mol. The van der Waals surface area contributed by atoms with Crippen molar-refractivity contribution in [3.63, 3.8) is 0 Å². The van der Waals surface area contributed by atoms with E-state index in [0.717, 1.165) is 11.3 Å². The van der Waals surface area contributed by atoms with Gasteiger partial charge in [0.1, 0.15) is 17.5 Å². The molecule has 188 valence electrons. The SMILES string of the molecule is CCOC(=O)C1=C(C)N=c2s/c(=C\c3ccccc3OC(F)F)c(=O)n2[C@@H]1c1cc(Cl)ccc1OC. The molecule has 0 unspecified atom stereocenters. The zero-order valence-electron chi connectivity index (χ0n) is 19.5. The van der Waals surface area contributed by atoms with E-state index in [4.69, 9.17) is 21.1 Å². The summed E-state index contributed by atoms with van der Waals surface area (Å²) in [5, 5.41) is 0.379. The van der Waals surface area contributed by atoms with Crippen molar-refractivity contribution in [1.82, 2.24) is 4.57 Å². The van der Waals surface area contributed by atoms with Crippen LogP contribution in [0.5, 0.6) is 11.5 Å². The van der Waals surface area contributed by atoms with E-state index in [9.17, 15) is 18.4 Å². The maximum absolute atomic E-state index is 13.7. The molecule has 11 heteroatoms. The van der Waals surface area contributed by atoms with Gasteiger partial charge in [0.15, 0.2) is 4.80 Å². The van der Waals surface area contributed by atoms with Gasteiger partial charge >= 0.3 is 12.6 Å². The van der Waals surface area contributed by atoms with E-state index < -0.39 is 24.2 Å².